The molecule has 1 saturated heterocycles. The summed E-state index contributed by atoms with van der Waals surface area (Å²) in [5.41, 5.74) is 2.75. The highest BCUT2D eigenvalue weighted by atomic mass is 19.1. The van der Waals surface area contributed by atoms with Gasteiger partial charge >= 0.3 is 0 Å². The third-order valence-electron chi connectivity index (χ3n) is 6.39. The summed E-state index contributed by atoms with van der Waals surface area (Å²) in [4.78, 5) is 4.33. The van der Waals surface area contributed by atoms with Crippen molar-refractivity contribution in [3.63, 3.8) is 0 Å². The minimum absolute atomic E-state index is 0.215. The summed E-state index contributed by atoms with van der Waals surface area (Å²) in [5.74, 6) is 0.663. The third-order valence-corrected chi connectivity index (χ3v) is 6.39. The molecule has 0 saturated carbocycles. The summed E-state index contributed by atoms with van der Waals surface area (Å²) < 4.78 is 20.1. The zero-order valence-corrected chi connectivity index (χ0v) is 17.4. The zero-order chi connectivity index (χ0) is 21.3. The predicted octanol–water partition coefficient (Wildman–Crippen LogP) is 3.43. The van der Waals surface area contributed by atoms with Gasteiger partial charge in [-0.05, 0) is 48.7 Å². The Morgan fingerprint density at radius 2 is 1.94 bits per heavy atom. The molecule has 3 aromatic rings. The molecule has 2 aliphatic heterocycles. The van der Waals surface area contributed by atoms with E-state index in [-0.39, 0.29) is 5.82 Å². The normalized spacial score (nSPS) is 18.8. The van der Waals surface area contributed by atoms with Crippen LogP contribution in [0, 0.1) is 5.82 Å². The van der Waals surface area contributed by atoms with E-state index in [9.17, 15) is 9.50 Å². The Morgan fingerprint density at radius 1 is 1.10 bits per heavy atom. The van der Waals surface area contributed by atoms with Gasteiger partial charge in [-0.1, -0.05) is 18.2 Å². The Morgan fingerprint density at radius 3 is 2.71 bits per heavy atom. The molecule has 31 heavy (non-hydrogen) atoms. The fraction of sp³-hybridized carbons (Fsp3) is 0.375. The van der Waals surface area contributed by atoms with Gasteiger partial charge in [0.15, 0.2) is 0 Å². The minimum Gasteiger partial charge on any atom is -0.492 e. The van der Waals surface area contributed by atoms with Crippen molar-refractivity contribution in [3.8, 4) is 5.75 Å². The van der Waals surface area contributed by atoms with E-state index in [1.54, 1.807) is 18.3 Å². The molecule has 7 heteroatoms. The largest absolute Gasteiger partial charge is 0.492 e. The van der Waals surface area contributed by atoms with Gasteiger partial charge in [0.1, 0.15) is 18.2 Å². The van der Waals surface area contributed by atoms with Crippen LogP contribution in [0.15, 0.2) is 54.7 Å². The lowest BCUT2D eigenvalue weighted by Gasteiger charge is -2.40. The number of H-pyrrole nitrogens is 1. The fourth-order valence-electron chi connectivity index (χ4n) is 4.60. The molecule has 0 bridgehead atoms. The van der Waals surface area contributed by atoms with Gasteiger partial charge in [-0.25, -0.2) is 4.39 Å². The van der Waals surface area contributed by atoms with Crippen LogP contribution in [0.2, 0.25) is 0 Å². The van der Waals surface area contributed by atoms with Gasteiger partial charge in [0.2, 0.25) is 0 Å². The number of halogens is 1. The van der Waals surface area contributed by atoms with Crippen molar-refractivity contribution in [2.45, 2.75) is 31.5 Å². The summed E-state index contributed by atoms with van der Waals surface area (Å²) in [5, 5.41) is 18.5. The number of anilines is 1. The molecule has 1 aromatic heterocycles. The van der Waals surface area contributed by atoms with Crippen LogP contribution in [0.4, 0.5) is 10.1 Å². The Hall–Kier alpha value is -2.90. The Labute approximate surface area is 181 Å². The van der Waals surface area contributed by atoms with E-state index >= 15 is 0 Å². The molecule has 0 radical (unpaired) electrons. The maximum Gasteiger partial charge on any atom is 0.146 e. The maximum absolute atomic E-state index is 14.2. The standard InChI is InChI=1S/C24H27FN4O2/c25-21-3-1-2-4-22(21)29-11-8-24(30,9-12-29)19-5-6-23-18(15-19)16-28(13-14-31-23)17-20-7-10-26-27-20/h1-7,10,15,30H,8-9,11-14,16-17H2,(H,26,27). The number of piperidine rings is 1. The Bertz CT molecular complexity index is 1030. The highest BCUT2D eigenvalue weighted by Gasteiger charge is 2.35. The SMILES string of the molecule is OC1(c2ccc3c(c2)CN(Cc2ccn[nH]2)CCO3)CCN(c2ccccc2F)CC1. The van der Waals surface area contributed by atoms with Crippen LogP contribution < -0.4 is 9.64 Å². The maximum atomic E-state index is 14.2. The first-order valence-electron chi connectivity index (χ1n) is 10.8. The highest BCUT2D eigenvalue weighted by Crippen LogP contribution is 2.37. The smallest absolute Gasteiger partial charge is 0.146 e. The van der Waals surface area contributed by atoms with Crippen LogP contribution in [0.1, 0.15) is 29.7 Å². The van der Waals surface area contributed by atoms with Gasteiger partial charge in [-0.15, -0.1) is 0 Å². The molecular weight excluding hydrogens is 395 g/mol. The average Bonchev–Trinajstić information content (AvgIpc) is 3.20. The van der Waals surface area contributed by atoms with Gasteiger partial charge in [-0.2, -0.15) is 5.10 Å². The molecule has 2 N–H and O–H groups in total. The monoisotopic (exact) mass is 422 g/mol. The van der Waals surface area contributed by atoms with Crippen molar-refractivity contribution < 1.29 is 14.2 Å². The Kier molecular flexibility index (Phi) is 5.38. The molecule has 0 unspecified atom stereocenters. The number of ether oxygens (including phenoxy) is 1. The van der Waals surface area contributed by atoms with Gasteiger partial charge in [0.05, 0.1) is 11.3 Å². The molecule has 6 nitrogen and oxygen atoms in total. The third kappa shape index (κ3) is 4.16. The molecule has 0 aliphatic carbocycles. The van der Waals surface area contributed by atoms with Crippen LogP contribution in [0.5, 0.6) is 5.75 Å². The van der Waals surface area contributed by atoms with Crippen molar-refractivity contribution in [1.82, 2.24) is 15.1 Å². The van der Waals surface area contributed by atoms with E-state index in [0.29, 0.717) is 38.2 Å². The summed E-state index contributed by atoms with van der Waals surface area (Å²) >= 11 is 0. The summed E-state index contributed by atoms with van der Waals surface area (Å²) in [6, 6.07) is 14.8. The lowest BCUT2D eigenvalue weighted by atomic mass is 9.83. The van der Waals surface area contributed by atoms with Gasteiger partial charge in [0.25, 0.3) is 0 Å². The number of nitrogens with one attached hydrogen (secondary N) is 1. The number of aromatic amines is 1. The average molecular weight is 423 g/mol. The van der Waals surface area contributed by atoms with Crippen molar-refractivity contribution in [2.75, 3.05) is 31.1 Å². The second-order valence-corrected chi connectivity index (χ2v) is 8.43. The topological polar surface area (TPSA) is 64.6 Å². The number of fused-ring (bicyclic) bond motifs is 1. The van der Waals surface area contributed by atoms with Crippen LogP contribution in [0.25, 0.3) is 0 Å². The number of benzene rings is 2. The fourth-order valence-corrected chi connectivity index (χ4v) is 4.60. The molecule has 2 aliphatic rings. The molecule has 0 atom stereocenters. The Balaban J connectivity index is 1.32. The first kappa shape index (κ1) is 20.0. The van der Waals surface area contributed by atoms with Crippen LogP contribution in [-0.2, 0) is 18.7 Å². The van der Waals surface area contributed by atoms with E-state index in [1.165, 1.54) is 6.07 Å². The van der Waals surface area contributed by atoms with Gasteiger partial charge in [0, 0.05) is 50.2 Å². The molecule has 2 aromatic carbocycles. The number of nitrogens with zero attached hydrogens (tertiary/aromatic N) is 3. The summed E-state index contributed by atoms with van der Waals surface area (Å²) in [6.07, 6.45) is 2.87. The number of rotatable bonds is 4. The number of hydrogen-bond donors (Lipinski definition) is 2. The van der Waals surface area contributed by atoms with Crippen molar-refractivity contribution >= 4 is 5.69 Å². The van der Waals surface area contributed by atoms with Crippen molar-refractivity contribution in [2.24, 2.45) is 0 Å². The summed E-state index contributed by atoms with van der Waals surface area (Å²) in [7, 11) is 0. The van der Waals surface area contributed by atoms with Crippen molar-refractivity contribution in [1.29, 1.82) is 0 Å². The second-order valence-electron chi connectivity index (χ2n) is 8.43. The molecular formula is C24H27FN4O2. The van der Waals surface area contributed by atoms with Crippen LogP contribution in [0.3, 0.4) is 0 Å². The number of aromatic nitrogens is 2. The molecule has 5 rings (SSSR count). The minimum atomic E-state index is -0.919. The summed E-state index contributed by atoms with van der Waals surface area (Å²) in [6.45, 7) is 4.19. The van der Waals surface area contributed by atoms with E-state index in [1.807, 2.05) is 29.2 Å². The van der Waals surface area contributed by atoms with Crippen LogP contribution >= 0.6 is 0 Å². The van der Waals surface area contributed by atoms with Crippen LogP contribution in [-0.4, -0.2) is 46.4 Å². The molecule has 0 amide bonds. The molecule has 3 heterocycles. The number of hydrogen-bond acceptors (Lipinski definition) is 5. The lowest BCUT2D eigenvalue weighted by molar-refractivity contribution is 0.0115. The van der Waals surface area contributed by atoms with E-state index in [4.69, 9.17) is 4.74 Å². The van der Waals surface area contributed by atoms with E-state index in [2.05, 4.69) is 21.2 Å². The van der Waals surface area contributed by atoms with E-state index < -0.39 is 5.60 Å². The quantitative estimate of drug-likeness (QED) is 0.675. The molecule has 162 valence electrons. The zero-order valence-electron chi connectivity index (χ0n) is 17.4. The lowest BCUT2D eigenvalue weighted by Crippen LogP contribution is -2.43. The van der Waals surface area contributed by atoms with Crippen molar-refractivity contribution in [3.05, 3.63) is 77.4 Å². The molecule has 1 fully saturated rings. The number of aliphatic hydroxyl groups is 1. The predicted molar refractivity (Wildman–Crippen MR) is 116 cm³/mol. The highest BCUT2D eigenvalue weighted by molar-refractivity contribution is 5.49. The van der Waals surface area contributed by atoms with Gasteiger partial charge in [-0.3, -0.25) is 10.00 Å². The molecule has 0 spiro atoms. The van der Waals surface area contributed by atoms with Gasteiger partial charge < -0.3 is 14.7 Å². The number of para-hydroxylation sites is 1. The first-order chi connectivity index (χ1) is 15.1. The second kappa shape index (κ2) is 8.32. The first-order valence-corrected chi connectivity index (χ1v) is 10.8. The van der Waals surface area contributed by atoms with E-state index in [0.717, 1.165) is 42.2 Å².